The number of carbonyl (C=O) groups is 2. The van der Waals surface area contributed by atoms with E-state index in [9.17, 15) is 14.9 Å². The Morgan fingerprint density at radius 1 is 1.05 bits per heavy atom. The summed E-state index contributed by atoms with van der Waals surface area (Å²) in [6.07, 6.45) is 2.85. The third-order valence-electron chi connectivity index (χ3n) is 5.83. The van der Waals surface area contributed by atoms with E-state index >= 15 is 0 Å². The number of aromatic nitrogens is 2. The lowest BCUT2D eigenvalue weighted by Crippen LogP contribution is -2.54. The highest BCUT2D eigenvalue weighted by molar-refractivity contribution is 5.97. The Labute approximate surface area is 214 Å². The van der Waals surface area contributed by atoms with Gasteiger partial charge in [-0.2, -0.15) is 10.2 Å². The number of primary amides is 1. The Bertz CT molecular complexity index is 1350. The average Bonchev–Trinajstić information content (AvgIpc) is 2.91. The van der Waals surface area contributed by atoms with Crippen molar-refractivity contribution in [2.24, 2.45) is 5.73 Å². The third-order valence-corrected chi connectivity index (χ3v) is 5.83. The van der Waals surface area contributed by atoms with Crippen molar-refractivity contribution in [1.29, 1.82) is 5.26 Å². The summed E-state index contributed by atoms with van der Waals surface area (Å²) in [5.41, 5.74) is 5.68. The summed E-state index contributed by atoms with van der Waals surface area (Å²) >= 11 is 0. The maximum absolute atomic E-state index is 12.6. The van der Waals surface area contributed by atoms with Crippen molar-refractivity contribution in [3.8, 4) is 29.2 Å². The fourth-order valence-electron chi connectivity index (χ4n) is 3.90. The van der Waals surface area contributed by atoms with Crippen LogP contribution in [-0.2, 0) is 4.79 Å². The summed E-state index contributed by atoms with van der Waals surface area (Å²) in [6.45, 7) is 4.81. The standard InChI is InChI=1S/C27H26N6O4/c1-3-19(15-28)26(35)32-13-14-33(18(2)17-32)27-30-16-23(24(29)34)25(31-27)37-22-11-9-21(10-12-22)36-20-7-5-4-6-8-20/h3-12,16,18H,13-14,17H2,1-2H3,(H2,29,34)/b19-3+/t18-/m0/s1. The molecule has 0 spiro atoms. The van der Waals surface area contributed by atoms with Crippen molar-refractivity contribution >= 4 is 17.8 Å². The Hall–Kier alpha value is -4.91. The number of ether oxygens (including phenoxy) is 2. The van der Waals surface area contributed by atoms with Crippen molar-refractivity contribution in [3.05, 3.63) is 78.0 Å². The first-order valence-electron chi connectivity index (χ1n) is 11.7. The van der Waals surface area contributed by atoms with Crippen LogP contribution < -0.4 is 20.1 Å². The summed E-state index contributed by atoms with van der Waals surface area (Å²) < 4.78 is 11.7. The molecule has 1 fully saturated rings. The fourth-order valence-corrected chi connectivity index (χ4v) is 3.90. The minimum Gasteiger partial charge on any atom is -0.457 e. The van der Waals surface area contributed by atoms with Gasteiger partial charge in [0, 0.05) is 31.9 Å². The molecule has 188 valence electrons. The average molecular weight is 499 g/mol. The molecule has 1 atom stereocenters. The molecule has 0 aliphatic carbocycles. The molecular weight excluding hydrogens is 472 g/mol. The van der Waals surface area contributed by atoms with Crippen LogP contribution in [0.15, 0.2) is 72.4 Å². The van der Waals surface area contributed by atoms with Gasteiger partial charge in [-0.15, -0.1) is 0 Å². The normalized spacial score (nSPS) is 15.6. The molecule has 3 aromatic rings. The molecule has 10 nitrogen and oxygen atoms in total. The Morgan fingerprint density at radius 3 is 2.30 bits per heavy atom. The first kappa shape index (κ1) is 25.2. The molecule has 0 bridgehead atoms. The van der Waals surface area contributed by atoms with Gasteiger partial charge in [-0.3, -0.25) is 9.59 Å². The first-order chi connectivity index (χ1) is 17.9. The van der Waals surface area contributed by atoms with Crippen LogP contribution in [0.2, 0.25) is 0 Å². The molecule has 1 aromatic heterocycles. The second-order valence-corrected chi connectivity index (χ2v) is 8.35. The van der Waals surface area contributed by atoms with Gasteiger partial charge in [0.2, 0.25) is 11.8 Å². The minimum absolute atomic E-state index is 0.0283. The van der Waals surface area contributed by atoms with Gasteiger partial charge in [-0.25, -0.2) is 4.98 Å². The molecule has 2 N–H and O–H groups in total. The van der Waals surface area contributed by atoms with Crippen LogP contribution in [-0.4, -0.2) is 52.4 Å². The SMILES string of the molecule is C/C=C(\C#N)C(=O)N1CCN(c2ncc(C(N)=O)c(Oc3ccc(Oc4ccccc4)cc3)n2)[C@@H](C)C1. The van der Waals surface area contributed by atoms with Crippen molar-refractivity contribution in [1.82, 2.24) is 14.9 Å². The molecule has 2 aromatic carbocycles. The minimum atomic E-state index is -0.718. The monoisotopic (exact) mass is 498 g/mol. The molecule has 10 heteroatoms. The van der Waals surface area contributed by atoms with E-state index in [2.05, 4.69) is 9.97 Å². The largest absolute Gasteiger partial charge is 0.457 e. The van der Waals surface area contributed by atoms with Gasteiger partial charge < -0.3 is 25.0 Å². The number of rotatable bonds is 7. The first-order valence-corrected chi connectivity index (χ1v) is 11.7. The zero-order valence-electron chi connectivity index (χ0n) is 20.5. The number of benzene rings is 2. The summed E-state index contributed by atoms with van der Waals surface area (Å²) in [7, 11) is 0. The Kier molecular flexibility index (Phi) is 7.64. The van der Waals surface area contributed by atoms with Crippen LogP contribution in [0.5, 0.6) is 23.1 Å². The van der Waals surface area contributed by atoms with E-state index in [0.29, 0.717) is 42.8 Å². The number of nitrogens with zero attached hydrogens (tertiary/aromatic N) is 5. The summed E-state index contributed by atoms with van der Waals surface area (Å²) in [5.74, 6) is 1.12. The molecule has 1 aliphatic rings. The van der Waals surface area contributed by atoms with Gasteiger partial charge in [-0.1, -0.05) is 24.3 Å². The smallest absolute Gasteiger partial charge is 0.264 e. The molecule has 2 heterocycles. The zero-order valence-corrected chi connectivity index (χ0v) is 20.5. The number of piperazine rings is 1. The van der Waals surface area contributed by atoms with E-state index in [4.69, 9.17) is 15.2 Å². The molecule has 2 amide bonds. The molecule has 37 heavy (non-hydrogen) atoms. The number of carbonyl (C=O) groups excluding carboxylic acids is 2. The van der Waals surface area contributed by atoms with Crippen LogP contribution in [0.25, 0.3) is 0 Å². The molecule has 0 radical (unpaired) electrons. The van der Waals surface area contributed by atoms with E-state index in [1.165, 1.54) is 12.3 Å². The van der Waals surface area contributed by atoms with E-state index in [1.807, 2.05) is 48.2 Å². The molecule has 1 aliphatic heterocycles. The van der Waals surface area contributed by atoms with Crippen molar-refractivity contribution in [2.45, 2.75) is 19.9 Å². The molecular formula is C27H26N6O4. The van der Waals surface area contributed by atoms with Gasteiger partial charge >= 0.3 is 0 Å². The maximum Gasteiger partial charge on any atom is 0.264 e. The summed E-state index contributed by atoms with van der Waals surface area (Å²) in [6, 6.07) is 18.1. The number of nitriles is 1. The Balaban J connectivity index is 1.50. The number of anilines is 1. The Morgan fingerprint density at radius 2 is 1.70 bits per heavy atom. The highest BCUT2D eigenvalue weighted by Gasteiger charge is 2.30. The lowest BCUT2D eigenvalue weighted by molar-refractivity contribution is -0.127. The molecule has 0 unspecified atom stereocenters. The predicted molar refractivity (Wildman–Crippen MR) is 136 cm³/mol. The number of nitrogens with two attached hydrogens (primary N) is 1. The number of hydrogen-bond donors (Lipinski definition) is 1. The van der Waals surface area contributed by atoms with Gasteiger partial charge in [0.1, 0.15) is 34.5 Å². The van der Waals surface area contributed by atoms with Gasteiger partial charge in [-0.05, 0) is 50.2 Å². The van der Waals surface area contributed by atoms with Gasteiger partial charge in [0.05, 0.1) is 0 Å². The van der Waals surface area contributed by atoms with Crippen molar-refractivity contribution < 1.29 is 19.1 Å². The molecule has 1 saturated heterocycles. The lowest BCUT2D eigenvalue weighted by Gasteiger charge is -2.39. The van der Waals surface area contributed by atoms with Crippen molar-refractivity contribution in [2.75, 3.05) is 24.5 Å². The van der Waals surface area contributed by atoms with E-state index < -0.39 is 5.91 Å². The van der Waals surface area contributed by atoms with Gasteiger partial charge in [0.25, 0.3) is 11.8 Å². The number of amides is 2. The van der Waals surface area contributed by atoms with Gasteiger partial charge in [0.15, 0.2) is 0 Å². The highest BCUT2D eigenvalue weighted by atomic mass is 16.5. The number of allylic oxidation sites excluding steroid dienone is 1. The van der Waals surface area contributed by atoms with Crippen LogP contribution >= 0.6 is 0 Å². The highest BCUT2D eigenvalue weighted by Crippen LogP contribution is 2.29. The summed E-state index contributed by atoms with van der Waals surface area (Å²) in [5, 5.41) is 9.17. The van der Waals surface area contributed by atoms with Crippen LogP contribution in [0.3, 0.4) is 0 Å². The lowest BCUT2D eigenvalue weighted by atomic mass is 10.1. The maximum atomic E-state index is 12.6. The zero-order chi connectivity index (χ0) is 26.4. The number of hydrogen-bond acceptors (Lipinski definition) is 8. The van der Waals surface area contributed by atoms with E-state index in [1.54, 1.807) is 36.1 Å². The fraction of sp³-hybridized carbons (Fsp3) is 0.222. The van der Waals surface area contributed by atoms with Crippen LogP contribution in [0.4, 0.5) is 5.95 Å². The quantitative estimate of drug-likeness (QED) is 0.385. The topological polar surface area (TPSA) is 135 Å². The van der Waals surface area contributed by atoms with Crippen LogP contribution in [0, 0.1) is 11.3 Å². The molecule has 0 saturated carbocycles. The summed E-state index contributed by atoms with van der Waals surface area (Å²) in [4.78, 5) is 36.9. The second kappa shape index (κ2) is 11.2. The van der Waals surface area contributed by atoms with Crippen LogP contribution in [0.1, 0.15) is 24.2 Å². The number of para-hydroxylation sites is 1. The third kappa shape index (κ3) is 5.85. The van der Waals surface area contributed by atoms with E-state index in [-0.39, 0.29) is 29.0 Å². The molecule has 4 rings (SSSR count). The van der Waals surface area contributed by atoms with E-state index in [0.717, 1.165) is 0 Å². The second-order valence-electron chi connectivity index (χ2n) is 8.35. The predicted octanol–water partition coefficient (Wildman–Crippen LogP) is 3.67. The van der Waals surface area contributed by atoms with Crippen molar-refractivity contribution in [3.63, 3.8) is 0 Å².